The van der Waals surface area contributed by atoms with E-state index < -0.39 is 0 Å². The van der Waals surface area contributed by atoms with E-state index in [0.717, 1.165) is 30.0 Å². The maximum Gasteiger partial charge on any atom is 0.255 e. The van der Waals surface area contributed by atoms with Crippen LogP contribution in [0.15, 0.2) is 35.3 Å². The molecule has 0 bridgehead atoms. The minimum Gasteiger partial charge on any atom is -0.329 e. The Hall–Kier alpha value is -1.28. The van der Waals surface area contributed by atoms with Gasteiger partial charge in [0.1, 0.15) is 0 Å². The molecule has 1 aromatic carbocycles. The summed E-state index contributed by atoms with van der Waals surface area (Å²) in [6.45, 7) is 0. The third kappa shape index (κ3) is 2.45. The van der Waals surface area contributed by atoms with E-state index in [1.807, 2.05) is 18.2 Å². The summed E-state index contributed by atoms with van der Waals surface area (Å²) >= 11 is 5.63. The quantitative estimate of drug-likeness (QED) is 0.641. The normalized spacial score (nSPS) is 10.8. The Morgan fingerprint density at radius 2 is 2.06 bits per heavy atom. The number of fused-ring (bicyclic) bond motifs is 1. The molecule has 0 aliphatic carbocycles. The molecule has 0 fully saturated rings. The number of unbranched alkanes of at least 4 members (excludes halogenated alkanes) is 1. The Balaban J connectivity index is 2.29. The summed E-state index contributed by atoms with van der Waals surface area (Å²) < 4.78 is 0. The predicted octanol–water partition coefficient (Wildman–Crippen LogP) is 3.09. The van der Waals surface area contributed by atoms with Gasteiger partial charge in [-0.15, -0.1) is 11.6 Å². The molecule has 0 saturated heterocycles. The smallest absolute Gasteiger partial charge is 0.255 e. The molecule has 0 amide bonds. The Morgan fingerprint density at radius 3 is 2.88 bits per heavy atom. The number of nitrogens with one attached hydrogen (secondary N) is 1. The van der Waals surface area contributed by atoms with Crippen LogP contribution in [0.25, 0.3) is 10.8 Å². The van der Waals surface area contributed by atoms with Crippen LogP contribution in [0.1, 0.15) is 18.4 Å². The molecular formula is C13H14ClNO. The summed E-state index contributed by atoms with van der Waals surface area (Å²) in [4.78, 5) is 14.3. The fraction of sp³-hybridized carbons (Fsp3) is 0.308. The van der Waals surface area contributed by atoms with Crippen LogP contribution >= 0.6 is 11.6 Å². The van der Waals surface area contributed by atoms with Gasteiger partial charge < -0.3 is 4.98 Å². The first kappa shape index (κ1) is 11.2. The molecule has 84 valence electrons. The fourth-order valence-corrected chi connectivity index (χ4v) is 2.00. The molecule has 3 heteroatoms. The zero-order valence-electron chi connectivity index (χ0n) is 9.00. The number of aromatic nitrogens is 1. The standard InChI is InChI=1S/C13H14ClNO/c14-7-2-1-3-10-4-5-11-6-8-15-13(16)12(11)9-10/h4-6,8-9H,1-3,7H2,(H,15,16). The molecular weight excluding hydrogens is 222 g/mol. The highest BCUT2D eigenvalue weighted by Gasteiger charge is 1.99. The van der Waals surface area contributed by atoms with Crippen LogP contribution in [0.4, 0.5) is 0 Å². The SMILES string of the molecule is O=c1[nH]ccc2ccc(CCCCCl)cc12. The molecule has 0 aliphatic heterocycles. The molecule has 0 spiro atoms. The summed E-state index contributed by atoms with van der Waals surface area (Å²) in [5, 5.41) is 1.76. The Kier molecular flexibility index (Phi) is 3.62. The van der Waals surface area contributed by atoms with Gasteiger partial charge >= 0.3 is 0 Å². The van der Waals surface area contributed by atoms with Crippen LogP contribution in [0, 0.1) is 0 Å². The largest absolute Gasteiger partial charge is 0.329 e. The molecule has 1 N–H and O–H groups in total. The lowest BCUT2D eigenvalue weighted by Crippen LogP contribution is -2.04. The lowest BCUT2D eigenvalue weighted by atomic mass is 10.0. The Bertz CT molecular complexity index is 533. The molecule has 16 heavy (non-hydrogen) atoms. The number of alkyl halides is 1. The second kappa shape index (κ2) is 5.17. The van der Waals surface area contributed by atoms with Gasteiger partial charge in [-0.25, -0.2) is 0 Å². The van der Waals surface area contributed by atoms with Crippen molar-refractivity contribution in [1.29, 1.82) is 0 Å². The number of pyridine rings is 1. The van der Waals surface area contributed by atoms with E-state index >= 15 is 0 Å². The van der Waals surface area contributed by atoms with Crippen LogP contribution in [-0.2, 0) is 6.42 Å². The van der Waals surface area contributed by atoms with Crippen LogP contribution in [0.5, 0.6) is 0 Å². The molecule has 2 aromatic rings. The van der Waals surface area contributed by atoms with Crippen molar-refractivity contribution >= 4 is 22.4 Å². The monoisotopic (exact) mass is 235 g/mol. The Labute approximate surface area is 99.3 Å². The molecule has 0 aliphatic rings. The highest BCUT2D eigenvalue weighted by molar-refractivity contribution is 6.17. The molecule has 0 saturated carbocycles. The Morgan fingerprint density at radius 1 is 1.19 bits per heavy atom. The van der Waals surface area contributed by atoms with E-state index in [1.165, 1.54) is 5.56 Å². The average molecular weight is 236 g/mol. The summed E-state index contributed by atoms with van der Waals surface area (Å²) in [6.07, 6.45) is 4.75. The molecule has 1 heterocycles. The molecule has 0 unspecified atom stereocenters. The zero-order valence-corrected chi connectivity index (χ0v) is 9.76. The number of rotatable bonds is 4. The van der Waals surface area contributed by atoms with Gasteiger partial charge in [0.05, 0.1) is 0 Å². The van der Waals surface area contributed by atoms with E-state index in [0.29, 0.717) is 5.88 Å². The maximum atomic E-state index is 11.6. The highest BCUT2D eigenvalue weighted by atomic mass is 35.5. The van der Waals surface area contributed by atoms with Crippen molar-refractivity contribution < 1.29 is 0 Å². The van der Waals surface area contributed by atoms with E-state index in [2.05, 4.69) is 11.1 Å². The first-order valence-electron chi connectivity index (χ1n) is 5.47. The van der Waals surface area contributed by atoms with Gasteiger partial charge in [-0.05, 0) is 42.3 Å². The number of halogens is 1. The summed E-state index contributed by atoms with van der Waals surface area (Å²) in [5.74, 6) is 0.703. The van der Waals surface area contributed by atoms with Gasteiger partial charge in [0, 0.05) is 17.5 Å². The van der Waals surface area contributed by atoms with Crippen molar-refractivity contribution in [1.82, 2.24) is 4.98 Å². The fourth-order valence-electron chi connectivity index (χ4n) is 1.81. The van der Waals surface area contributed by atoms with Crippen LogP contribution < -0.4 is 5.56 Å². The number of hydrogen-bond acceptors (Lipinski definition) is 1. The summed E-state index contributed by atoms with van der Waals surface area (Å²) in [7, 11) is 0. The predicted molar refractivity (Wildman–Crippen MR) is 68.2 cm³/mol. The number of H-pyrrole nitrogens is 1. The lowest BCUT2D eigenvalue weighted by Gasteiger charge is -2.02. The molecule has 2 nitrogen and oxygen atoms in total. The first-order valence-corrected chi connectivity index (χ1v) is 6.01. The van der Waals surface area contributed by atoms with Crippen molar-refractivity contribution in [2.75, 3.05) is 5.88 Å². The second-order valence-corrected chi connectivity index (χ2v) is 4.25. The summed E-state index contributed by atoms with van der Waals surface area (Å²) in [5.41, 5.74) is 1.19. The van der Waals surface area contributed by atoms with E-state index in [-0.39, 0.29) is 5.56 Å². The third-order valence-corrected chi connectivity index (χ3v) is 2.96. The molecule has 2 rings (SSSR count). The van der Waals surface area contributed by atoms with Crippen molar-refractivity contribution in [2.45, 2.75) is 19.3 Å². The third-order valence-electron chi connectivity index (χ3n) is 2.69. The number of benzene rings is 1. The number of aromatic amines is 1. The average Bonchev–Trinajstić information content (AvgIpc) is 2.30. The number of aryl methyl sites for hydroxylation is 1. The minimum absolute atomic E-state index is 0.0170. The second-order valence-electron chi connectivity index (χ2n) is 3.87. The van der Waals surface area contributed by atoms with E-state index in [1.54, 1.807) is 6.20 Å². The minimum atomic E-state index is -0.0170. The van der Waals surface area contributed by atoms with Crippen molar-refractivity contribution in [2.24, 2.45) is 0 Å². The first-order chi connectivity index (χ1) is 7.81. The van der Waals surface area contributed by atoms with Gasteiger partial charge in [0.15, 0.2) is 0 Å². The van der Waals surface area contributed by atoms with Crippen molar-refractivity contribution in [3.05, 3.63) is 46.4 Å². The van der Waals surface area contributed by atoms with Gasteiger partial charge in [-0.1, -0.05) is 12.1 Å². The summed E-state index contributed by atoms with van der Waals surface area (Å²) in [6, 6.07) is 7.97. The van der Waals surface area contributed by atoms with Crippen LogP contribution in [0.3, 0.4) is 0 Å². The maximum absolute atomic E-state index is 11.6. The van der Waals surface area contributed by atoms with Crippen molar-refractivity contribution in [3.63, 3.8) is 0 Å². The van der Waals surface area contributed by atoms with Crippen LogP contribution in [-0.4, -0.2) is 10.9 Å². The highest BCUT2D eigenvalue weighted by Crippen LogP contribution is 2.13. The van der Waals surface area contributed by atoms with Gasteiger partial charge in [0.25, 0.3) is 5.56 Å². The zero-order chi connectivity index (χ0) is 11.4. The molecule has 0 atom stereocenters. The lowest BCUT2D eigenvalue weighted by molar-refractivity contribution is 0.800. The number of hydrogen-bond donors (Lipinski definition) is 1. The topological polar surface area (TPSA) is 32.9 Å². The van der Waals surface area contributed by atoms with Gasteiger partial charge in [-0.3, -0.25) is 4.79 Å². The van der Waals surface area contributed by atoms with Crippen LogP contribution in [0.2, 0.25) is 0 Å². The van der Waals surface area contributed by atoms with Gasteiger partial charge in [-0.2, -0.15) is 0 Å². The van der Waals surface area contributed by atoms with Crippen molar-refractivity contribution in [3.8, 4) is 0 Å². The molecule has 0 radical (unpaired) electrons. The van der Waals surface area contributed by atoms with Gasteiger partial charge in [0.2, 0.25) is 0 Å². The van der Waals surface area contributed by atoms with E-state index in [9.17, 15) is 4.79 Å². The van der Waals surface area contributed by atoms with E-state index in [4.69, 9.17) is 11.6 Å². The molecule has 1 aromatic heterocycles.